The van der Waals surface area contributed by atoms with E-state index in [0.29, 0.717) is 22.8 Å². The van der Waals surface area contributed by atoms with E-state index in [9.17, 15) is 18.0 Å². The molecule has 0 atom stereocenters. The SMILES string of the molecule is CC(C)CNS(=O)(=O)c1ccc(NC(=O)CCC(=O)c2ccc(Cl)cc2)cc1. The number of hydrogen-bond acceptors (Lipinski definition) is 4. The number of nitrogens with one attached hydrogen (secondary N) is 2. The van der Waals surface area contributed by atoms with Crippen LogP contribution in [0, 0.1) is 5.92 Å². The number of amides is 1. The molecule has 8 heteroatoms. The van der Waals surface area contributed by atoms with Gasteiger partial charge in [-0.05, 0) is 54.4 Å². The van der Waals surface area contributed by atoms with E-state index >= 15 is 0 Å². The third kappa shape index (κ3) is 6.74. The van der Waals surface area contributed by atoms with Crippen LogP contribution >= 0.6 is 11.6 Å². The monoisotopic (exact) mass is 422 g/mol. The average molecular weight is 423 g/mol. The van der Waals surface area contributed by atoms with E-state index in [2.05, 4.69) is 10.0 Å². The summed E-state index contributed by atoms with van der Waals surface area (Å²) in [5, 5.41) is 3.20. The van der Waals surface area contributed by atoms with E-state index in [0.717, 1.165) is 0 Å². The van der Waals surface area contributed by atoms with Crippen LogP contribution in [0.4, 0.5) is 5.69 Å². The Kier molecular flexibility index (Phi) is 7.74. The highest BCUT2D eigenvalue weighted by Crippen LogP contribution is 2.16. The van der Waals surface area contributed by atoms with E-state index < -0.39 is 10.0 Å². The Hall–Kier alpha value is -2.22. The van der Waals surface area contributed by atoms with Crippen LogP contribution in [0.1, 0.15) is 37.0 Å². The highest BCUT2D eigenvalue weighted by molar-refractivity contribution is 7.89. The van der Waals surface area contributed by atoms with Gasteiger partial charge in [0, 0.05) is 35.7 Å². The summed E-state index contributed by atoms with van der Waals surface area (Å²) >= 11 is 5.79. The summed E-state index contributed by atoms with van der Waals surface area (Å²) in [6, 6.07) is 12.4. The lowest BCUT2D eigenvalue weighted by atomic mass is 10.1. The minimum atomic E-state index is -3.57. The number of rotatable bonds is 9. The van der Waals surface area contributed by atoms with Gasteiger partial charge < -0.3 is 5.32 Å². The molecular weight excluding hydrogens is 400 g/mol. The minimum Gasteiger partial charge on any atom is -0.326 e. The van der Waals surface area contributed by atoms with Gasteiger partial charge in [-0.3, -0.25) is 9.59 Å². The van der Waals surface area contributed by atoms with Crippen LogP contribution in [-0.4, -0.2) is 26.7 Å². The van der Waals surface area contributed by atoms with Crippen molar-refractivity contribution in [3.8, 4) is 0 Å². The molecule has 1 amide bonds. The van der Waals surface area contributed by atoms with Crippen LogP contribution in [0.25, 0.3) is 0 Å². The first-order valence-corrected chi connectivity index (χ1v) is 10.7. The highest BCUT2D eigenvalue weighted by atomic mass is 35.5. The molecule has 6 nitrogen and oxygen atoms in total. The van der Waals surface area contributed by atoms with Gasteiger partial charge in [0.1, 0.15) is 0 Å². The molecule has 2 aromatic carbocycles. The molecule has 2 aromatic rings. The average Bonchev–Trinajstić information content (AvgIpc) is 2.65. The Morgan fingerprint density at radius 1 is 0.964 bits per heavy atom. The molecule has 0 aliphatic carbocycles. The summed E-state index contributed by atoms with van der Waals surface area (Å²) in [5.41, 5.74) is 0.965. The molecular formula is C20H23ClN2O4S. The molecule has 0 fully saturated rings. The van der Waals surface area contributed by atoms with Crippen LogP contribution in [0.5, 0.6) is 0 Å². The Bertz CT molecular complexity index is 924. The highest BCUT2D eigenvalue weighted by Gasteiger charge is 2.14. The van der Waals surface area contributed by atoms with Crippen molar-refractivity contribution in [3.63, 3.8) is 0 Å². The van der Waals surface area contributed by atoms with Crippen molar-refractivity contribution >= 4 is 39.0 Å². The zero-order chi connectivity index (χ0) is 20.7. The lowest BCUT2D eigenvalue weighted by Crippen LogP contribution is -2.27. The molecule has 0 heterocycles. The van der Waals surface area contributed by atoms with Gasteiger partial charge in [0.15, 0.2) is 5.78 Å². The van der Waals surface area contributed by atoms with Crippen molar-refractivity contribution in [3.05, 3.63) is 59.1 Å². The van der Waals surface area contributed by atoms with Crippen LogP contribution in [0.15, 0.2) is 53.4 Å². The van der Waals surface area contributed by atoms with Gasteiger partial charge in [-0.15, -0.1) is 0 Å². The summed E-state index contributed by atoms with van der Waals surface area (Å²) in [5.74, 6) is -0.274. The van der Waals surface area contributed by atoms with Crippen LogP contribution in [-0.2, 0) is 14.8 Å². The van der Waals surface area contributed by atoms with Gasteiger partial charge in [0.25, 0.3) is 0 Å². The van der Waals surface area contributed by atoms with Crippen molar-refractivity contribution in [1.82, 2.24) is 4.72 Å². The predicted molar refractivity (Wildman–Crippen MR) is 110 cm³/mol. The third-order valence-electron chi connectivity index (χ3n) is 3.88. The van der Waals surface area contributed by atoms with Crippen LogP contribution < -0.4 is 10.0 Å². The van der Waals surface area contributed by atoms with E-state index in [1.54, 1.807) is 24.3 Å². The Balaban J connectivity index is 1.88. The zero-order valence-corrected chi connectivity index (χ0v) is 17.3. The molecule has 0 unspecified atom stereocenters. The Morgan fingerprint density at radius 3 is 2.14 bits per heavy atom. The number of ketones is 1. The molecule has 0 saturated carbocycles. The molecule has 0 aliphatic rings. The maximum absolute atomic E-state index is 12.2. The standard InChI is InChI=1S/C20H23ClN2O4S/c1-14(2)13-22-28(26,27)18-9-7-17(8-10-18)23-20(25)12-11-19(24)15-3-5-16(21)6-4-15/h3-10,14,22H,11-13H2,1-2H3,(H,23,25). The van der Waals surface area contributed by atoms with Gasteiger partial charge >= 0.3 is 0 Å². The van der Waals surface area contributed by atoms with Crippen LogP contribution in [0.2, 0.25) is 5.02 Å². The van der Waals surface area contributed by atoms with E-state index in [1.165, 1.54) is 24.3 Å². The summed E-state index contributed by atoms with van der Waals surface area (Å²) in [4.78, 5) is 24.3. The summed E-state index contributed by atoms with van der Waals surface area (Å²) < 4.78 is 26.8. The number of benzene rings is 2. The first kappa shape index (κ1) is 22.1. The van der Waals surface area contributed by atoms with Gasteiger partial charge in [0.2, 0.25) is 15.9 Å². The maximum Gasteiger partial charge on any atom is 0.240 e. The first-order valence-electron chi connectivity index (χ1n) is 8.86. The second kappa shape index (κ2) is 9.82. The van der Waals surface area contributed by atoms with Crippen molar-refractivity contribution in [2.75, 3.05) is 11.9 Å². The Labute approximate surface area is 170 Å². The largest absolute Gasteiger partial charge is 0.326 e. The number of Topliss-reactive ketones (excluding diaryl/α,β-unsaturated/α-hetero) is 1. The van der Waals surface area contributed by atoms with Crippen molar-refractivity contribution < 1.29 is 18.0 Å². The number of halogens is 1. The molecule has 0 bridgehead atoms. The Morgan fingerprint density at radius 2 is 1.57 bits per heavy atom. The number of carbonyl (C=O) groups is 2. The molecule has 28 heavy (non-hydrogen) atoms. The second-order valence-corrected chi connectivity index (χ2v) is 8.95. The summed E-state index contributed by atoms with van der Waals surface area (Å²) in [6.45, 7) is 4.18. The fourth-order valence-corrected chi connectivity index (χ4v) is 3.65. The second-order valence-electron chi connectivity index (χ2n) is 6.75. The molecule has 2 rings (SSSR count). The van der Waals surface area contributed by atoms with Crippen LogP contribution in [0.3, 0.4) is 0 Å². The summed E-state index contributed by atoms with van der Waals surface area (Å²) in [7, 11) is -3.57. The molecule has 0 aliphatic heterocycles. The molecule has 0 radical (unpaired) electrons. The number of sulfonamides is 1. The lowest BCUT2D eigenvalue weighted by Gasteiger charge is -2.10. The molecule has 2 N–H and O–H groups in total. The fraction of sp³-hybridized carbons (Fsp3) is 0.300. The lowest BCUT2D eigenvalue weighted by molar-refractivity contribution is -0.116. The van der Waals surface area contributed by atoms with Crippen molar-refractivity contribution in [2.24, 2.45) is 5.92 Å². The topological polar surface area (TPSA) is 92.3 Å². The normalized spacial score (nSPS) is 11.4. The predicted octanol–water partition coefficient (Wildman–Crippen LogP) is 3.88. The first-order chi connectivity index (χ1) is 13.2. The molecule has 0 aromatic heterocycles. The smallest absolute Gasteiger partial charge is 0.240 e. The van der Waals surface area contributed by atoms with Crippen molar-refractivity contribution in [2.45, 2.75) is 31.6 Å². The van der Waals surface area contributed by atoms with E-state index in [-0.39, 0.29) is 35.3 Å². The summed E-state index contributed by atoms with van der Waals surface area (Å²) in [6.07, 6.45) is 0.0938. The van der Waals surface area contributed by atoms with Gasteiger partial charge in [-0.25, -0.2) is 13.1 Å². The molecule has 150 valence electrons. The molecule has 0 saturated heterocycles. The van der Waals surface area contributed by atoms with Gasteiger partial charge in [0.05, 0.1) is 4.90 Å². The van der Waals surface area contributed by atoms with E-state index in [4.69, 9.17) is 11.6 Å². The number of hydrogen-bond donors (Lipinski definition) is 2. The van der Waals surface area contributed by atoms with Gasteiger partial charge in [-0.2, -0.15) is 0 Å². The third-order valence-corrected chi connectivity index (χ3v) is 5.57. The number of carbonyl (C=O) groups excluding carboxylic acids is 2. The maximum atomic E-state index is 12.2. The number of anilines is 1. The molecule has 0 spiro atoms. The van der Waals surface area contributed by atoms with Gasteiger partial charge in [-0.1, -0.05) is 25.4 Å². The fourth-order valence-electron chi connectivity index (χ4n) is 2.31. The minimum absolute atomic E-state index is 0.0253. The van der Waals surface area contributed by atoms with E-state index in [1.807, 2.05) is 13.8 Å². The van der Waals surface area contributed by atoms with Crippen molar-refractivity contribution in [1.29, 1.82) is 0 Å². The quantitative estimate of drug-likeness (QED) is 0.600. The zero-order valence-electron chi connectivity index (χ0n) is 15.7.